The Kier molecular flexibility index (Phi) is 4.48. The average molecular weight is 290 g/mol. The van der Waals surface area contributed by atoms with E-state index in [4.69, 9.17) is 15.2 Å². The van der Waals surface area contributed by atoms with Gasteiger partial charge in [0.15, 0.2) is 0 Å². The van der Waals surface area contributed by atoms with Crippen molar-refractivity contribution in [2.24, 2.45) is 5.73 Å². The van der Waals surface area contributed by atoms with Crippen LogP contribution in [0.3, 0.4) is 0 Å². The van der Waals surface area contributed by atoms with Gasteiger partial charge in [0.05, 0.1) is 6.61 Å². The Labute approximate surface area is 127 Å². The zero-order valence-corrected chi connectivity index (χ0v) is 13.0. The molecule has 21 heavy (non-hydrogen) atoms. The van der Waals surface area contributed by atoms with Crippen molar-refractivity contribution in [1.82, 2.24) is 4.90 Å². The number of nitrogens with zero attached hydrogens (tertiary/aromatic N) is 1. The third kappa shape index (κ3) is 3.39. The summed E-state index contributed by atoms with van der Waals surface area (Å²) in [6.45, 7) is 7.84. The molecule has 4 nitrogen and oxygen atoms in total. The molecule has 3 rings (SSSR count). The monoisotopic (exact) mass is 290 g/mol. The van der Waals surface area contributed by atoms with Crippen LogP contribution < -0.4 is 10.5 Å². The van der Waals surface area contributed by atoms with Crippen molar-refractivity contribution in [3.05, 3.63) is 29.3 Å². The molecule has 1 unspecified atom stereocenters. The summed E-state index contributed by atoms with van der Waals surface area (Å²) >= 11 is 0. The maximum Gasteiger partial charge on any atom is 0.119 e. The molecule has 1 aromatic carbocycles. The molecule has 0 aromatic heterocycles. The molecule has 0 spiro atoms. The van der Waals surface area contributed by atoms with Gasteiger partial charge in [-0.25, -0.2) is 0 Å². The van der Waals surface area contributed by atoms with Crippen molar-refractivity contribution in [3.8, 4) is 5.75 Å². The van der Waals surface area contributed by atoms with Gasteiger partial charge in [-0.05, 0) is 49.9 Å². The summed E-state index contributed by atoms with van der Waals surface area (Å²) < 4.78 is 11.7. The molecule has 0 saturated carbocycles. The van der Waals surface area contributed by atoms with Crippen molar-refractivity contribution >= 4 is 0 Å². The van der Waals surface area contributed by atoms with Gasteiger partial charge in [0.1, 0.15) is 18.5 Å². The molecular weight excluding hydrogens is 264 g/mol. The van der Waals surface area contributed by atoms with Crippen molar-refractivity contribution in [2.75, 3.05) is 26.3 Å². The lowest BCUT2D eigenvalue weighted by atomic mass is 10.1. The first-order chi connectivity index (χ1) is 10.1. The standard InChI is InChI=1S/C17H26N2O2/c1-12(2)19-7-8-20-15(10-19)11-21-14-4-5-16-13(9-14)3-6-17(16)18/h4-5,9,12,15,17H,3,6-8,10-11,18H2,1-2H3/t15?,17-/m1/s1. The lowest BCUT2D eigenvalue weighted by Gasteiger charge is -2.35. The summed E-state index contributed by atoms with van der Waals surface area (Å²) in [4.78, 5) is 2.44. The van der Waals surface area contributed by atoms with E-state index in [1.807, 2.05) is 6.07 Å². The van der Waals surface area contributed by atoms with Gasteiger partial charge in [-0.3, -0.25) is 4.90 Å². The highest BCUT2D eigenvalue weighted by atomic mass is 16.5. The van der Waals surface area contributed by atoms with Crippen LogP contribution in [0.25, 0.3) is 0 Å². The molecule has 1 aliphatic carbocycles. The molecule has 0 bridgehead atoms. The summed E-state index contributed by atoms with van der Waals surface area (Å²) in [7, 11) is 0. The molecule has 2 aliphatic rings. The Morgan fingerprint density at radius 3 is 3.10 bits per heavy atom. The van der Waals surface area contributed by atoms with Crippen LogP contribution in [0.15, 0.2) is 18.2 Å². The number of ether oxygens (including phenoxy) is 2. The molecule has 0 radical (unpaired) electrons. The second-order valence-corrected chi connectivity index (χ2v) is 6.40. The number of nitrogens with two attached hydrogens (primary N) is 1. The van der Waals surface area contributed by atoms with Crippen LogP contribution in [0.1, 0.15) is 37.4 Å². The van der Waals surface area contributed by atoms with Crippen molar-refractivity contribution in [2.45, 2.75) is 44.9 Å². The lowest BCUT2D eigenvalue weighted by molar-refractivity contribution is -0.0564. The predicted molar refractivity (Wildman–Crippen MR) is 83.6 cm³/mol. The van der Waals surface area contributed by atoms with Crippen molar-refractivity contribution in [3.63, 3.8) is 0 Å². The van der Waals surface area contributed by atoms with Gasteiger partial charge in [-0.1, -0.05) is 6.07 Å². The van der Waals surface area contributed by atoms with Crippen LogP contribution in [0, 0.1) is 0 Å². The highest BCUT2D eigenvalue weighted by molar-refractivity contribution is 5.40. The summed E-state index contributed by atoms with van der Waals surface area (Å²) in [5, 5.41) is 0. The molecule has 0 amide bonds. The first kappa shape index (κ1) is 14.8. The van der Waals surface area contributed by atoms with E-state index in [1.165, 1.54) is 11.1 Å². The zero-order chi connectivity index (χ0) is 14.8. The zero-order valence-electron chi connectivity index (χ0n) is 13.0. The highest BCUT2D eigenvalue weighted by Crippen LogP contribution is 2.31. The number of aryl methyl sites for hydroxylation is 1. The second kappa shape index (κ2) is 6.34. The van der Waals surface area contributed by atoms with Gasteiger partial charge in [-0.2, -0.15) is 0 Å². The normalized spacial score (nSPS) is 26.1. The largest absolute Gasteiger partial charge is 0.491 e. The number of hydrogen-bond donors (Lipinski definition) is 1. The SMILES string of the molecule is CC(C)N1CCOC(COc2ccc3c(c2)CC[C@H]3N)C1. The first-order valence-corrected chi connectivity index (χ1v) is 8.00. The summed E-state index contributed by atoms with van der Waals surface area (Å²) in [5.74, 6) is 0.938. The van der Waals surface area contributed by atoms with Crippen LogP contribution in [-0.4, -0.2) is 43.3 Å². The fourth-order valence-corrected chi connectivity index (χ4v) is 3.22. The molecular formula is C17H26N2O2. The van der Waals surface area contributed by atoms with Crippen LogP contribution in [0.2, 0.25) is 0 Å². The van der Waals surface area contributed by atoms with E-state index < -0.39 is 0 Å². The molecule has 4 heteroatoms. The van der Waals surface area contributed by atoms with Crippen LogP contribution in [-0.2, 0) is 11.2 Å². The maximum absolute atomic E-state index is 6.06. The van der Waals surface area contributed by atoms with Gasteiger partial charge < -0.3 is 15.2 Å². The van der Waals surface area contributed by atoms with Crippen LogP contribution in [0.5, 0.6) is 5.75 Å². The number of morpholine rings is 1. The minimum Gasteiger partial charge on any atom is -0.491 e. The van der Waals surface area contributed by atoms with E-state index >= 15 is 0 Å². The number of hydrogen-bond acceptors (Lipinski definition) is 4. The van der Waals surface area contributed by atoms with Gasteiger partial charge in [0, 0.05) is 25.2 Å². The van der Waals surface area contributed by atoms with Gasteiger partial charge >= 0.3 is 0 Å². The molecule has 116 valence electrons. The maximum atomic E-state index is 6.06. The van der Waals surface area contributed by atoms with Gasteiger partial charge in [0.25, 0.3) is 0 Å². The van der Waals surface area contributed by atoms with E-state index in [2.05, 4.69) is 30.9 Å². The summed E-state index contributed by atoms with van der Waals surface area (Å²) in [6.07, 6.45) is 2.28. The molecule has 1 saturated heterocycles. The third-order valence-electron chi connectivity index (χ3n) is 4.57. The van der Waals surface area contributed by atoms with E-state index in [-0.39, 0.29) is 12.1 Å². The Bertz CT molecular complexity index is 490. The number of benzene rings is 1. The van der Waals surface area contributed by atoms with E-state index in [0.717, 1.165) is 38.3 Å². The molecule has 1 aromatic rings. The summed E-state index contributed by atoms with van der Waals surface area (Å²) in [6, 6.07) is 7.07. The quantitative estimate of drug-likeness (QED) is 0.923. The molecule has 1 aliphatic heterocycles. The third-order valence-corrected chi connectivity index (χ3v) is 4.57. The Morgan fingerprint density at radius 1 is 1.43 bits per heavy atom. The molecule has 2 atom stereocenters. The molecule has 2 N–H and O–H groups in total. The average Bonchev–Trinajstić information content (AvgIpc) is 2.86. The first-order valence-electron chi connectivity index (χ1n) is 8.00. The minimum absolute atomic E-state index is 0.164. The van der Waals surface area contributed by atoms with Gasteiger partial charge in [0.2, 0.25) is 0 Å². The smallest absolute Gasteiger partial charge is 0.119 e. The minimum atomic E-state index is 0.164. The fourth-order valence-electron chi connectivity index (χ4n) is 3.22. The predicted octanol–water partition coefficient (Wildman–Crippen LogP) is 2.12. The Hall–Kier alpha value is -1.10. The van der Waals surface area contributed by atoms with Crippen molar-refractivity contribution < 1.29 is 9.47 Å². The van der Waals surface area contributed by atoms with E-state index in [9.17, 15) is 0 Å². The molecule has 1 heterocycles. The fraction of sp³-hybridized carbons (Fsp3) is 0.647. The van der Waals surface area contributed by atoms with E-state index in [0.29, 0.717) is 12.6 Å². The lowest BCUT2D eigenvalue weighted by Crippen LogP contribution is -2.47. The Balaban J connectivity index is 1.56. The number of rotatable bonds is 4. The highest BCUT2D eigenvalue weighted by Gasteiger charge is 2.23. The van der Waals surface area contributed by atoms with Crippen molar-refractivity contribution in [1.29, 1.82) is 0 Å². The second-order valence-electron chi connectivity index (χ2n) is 6.40. The van der Waals surface area contributed by atoms with Crippen LogP contribution in [0.4, 0.5) is 0 Å². The topological polar surface area (TPSA) is 47.7 Å². The molecule has 1 fully saturated rings. The van der Waals surface area contributed by atoms with E-state index in [1.54, 1.807) is 0 Å². The summed E-state index contributed by atoms with van der Waals surface area (Å²) in [5.41, 5.74) is 8.69. The van der Waals surface area contributed by atoms with Crippen LogP contribution >= 0.6 is 0 Å². The number of fused-ring (bicyclic) bond motifs is 1. The van der Waals surface area contributed by atoms with Gasteiger partial charge in [-0.15, -0.1) is 0 Å². The Morgan fingerprint density at radius 2 is 2.29 bits per heavy atom.